The fourth-order valence-electron chi connectivity index (χ4n) is 2.80. The molecule has 0 aliphatic carbocycles. The average molecular weight is 353 g/mol. The summed E-state index contributed by atoms with van der Waals surface area (Å²) in [6.07, 6.45) is 1.78. The van der Waals surface area contributed by atoms with E-state index in [1.54, 1.807) is 30.5 Å². The molecule has 3 rings (SSSR count). The van der Waals surface area contributed by atoms with Gasteiger partial charge >= 0.3 is 5.97 Å². The molecule has 6 heteroatoms. The van der Waals surface area contributed by atoms with Crippen molar-refractivity contribution in [2.75, 3.05) is 13.7 Å². The second-order valence-electron chi connectivity index (χ2n) is 5.85. The number of carbonyl (C=O) groups is 2. The number of para-hydroxylation sites is 1. The Morgan fingerprint density at radius 3 is 2.62 bits per heavy atom. The Labute approximate surface area is 150 Å². The van der Waals surface area contributed by atoms with Gasteiger partial charge in [0, 0.05) is 22.7 Å². The monoisotopic (exact) mass is 353 g/mol. The lowest BCUT2D eigenvalue weighted by Crippen LogP contribution is -2.23. The van der Waals surface area contributed by atoms with Crippen molar-refractivity contribution in [2.24, 2.45) is 0 Å². The maximum atomic E-state index is 11.4. The number of carbonyl (C=O) groups excluding carboxylic acids is 2. The van der Waals surface area contributed by atoms with Gasteiger partial charge < -0.3 is 19.1 Å². The zero-order valence-electron chi connectivity index (χ0n) is 14.3. The Kier molecular flexibility index (Phi) is 5.34. The molecule has 0 radical (unpaired) electrons. The van der Waals surface area contributed by atoms with Crippen molar-refractivity contribution in [1.82, 2.24) is 4.57 Å². The lowest BCUT2D eigenvalue weighted by molar-refractivity contribution is 0.0600. The summed E-state index contributed by atoms with van der Waals surface area (Å²) in [6, 6.07) is 14.0. The third kappa shape index (κ3) is 3.75. The van der Waals surface area contributed by atoms with E-state index in [2.05, 4.69) is 4.74 Å². The summed E-state index contributed by atoms with van der Waals surface area (Å²) >= 11 is 0. The van der Waals surface area contributed by atoms with E-state index in [0.717, 1.165) is 17.2 Å². The molecule has 1 heterocycles. The summed E-state index contributed by atoms with van der Waals surface area (Å²) in [5.41, 5.74) is 1.91. The van der Waals surface area contributed by atoms with E-state index in [0.29, 0.717) is 23.4 Å². The third-order valence-corrected chi connectivity index (χ3v) is 4.07. The van der Waals surface area contributed by atoms with Gasteiger partial charge in [0.25, 0.3) is 0 Å². The van der Waals surface area contributed by atoms with E-state index in [9.17, 15) is 14.7 Å². The molecule has 1 N–H and O–H groups in total. The molecule has 0 unspecified atom stereocenters. The molecule has 0 saturated carbocycles. The maximum Gasteiger partial charge on any atom is 0.337 e. The molecule has 0 bridgehead atoms. The number of aliphatic hydroxyl groups excluding tert-OH is 1. The molecular weight excluding hydrogens is 334 g/mol. The summed E-state index contributed by atoms with van der Waals surface area (Å²) in [5, 5.41) is 11.1. The fraction of sp³-hybridized carbons (Fsp3) is 0.200. The largest absolute Gasteiger partial charge is 0.491 e. The van der Waals surface area contributed by atoms with E-state index in [1.165, 1.54) is 7.11 Å². The van der Waals surface area contributed by atoms with Crippen LogP contribution in [0.1, 0.15) is 20.7 Å². The number of aromatic nitrogens is 1. The first-order valence-corrected chi connectivity index (χ1v) is 8.14. The van der Waals surface area contributed by atoms with Gasteiger partial charge in [0.2, 0.25) is 0 Å². The van der Waals surface area contributed by atoms with Crippen molar-refractivity contribution in [1.29, 1.82) is 0 Å². The standard InChI is InChI=1S/C20H19NO5/c1-25-20(24)14-6-8-17(9-7-14)26-13-16(23)11-21-10-15(12-22)18-4-2-3-5-19(18)21/h2-10,12,16,23H,11,13H2,1H3/t16-/m0/s1. The van der Waals surface area contributed by atoms with Crippen LogP contribution in [-0.2, 0) is 11.3 Å². The molecule has 134 valence electrons. The molecule has 6 nitrogen and oxygen atoms in total. The number of rotatable bonds is 7. The van der Waals surface area contributed by atoms with Crippen molar-refractivity contribution < 1.29 is 24.2 Å². The normalized spacial score (nSPS) is 11.9. The number of ether oxygens (including phenoxy) is 2. The Morgan fingerprint density at radius 2 is 1.92 bits per heavy atom. The number of fused-ring (bicyclic) bond motifs is 1. The topological polar surface area (TPSA) is 77.8 Å². The van der Waals surface area contributed by atoms with Crippen LogP contribution in [0.2, 0.25) is 0 Å². The highest BCUT2D eigenvalue weighted by molar-refractivity contribution is 5.97. The highest BCUT2D eigenvalue weighted by Crippen LogP contribution is 2.20. The van der Waals surface area contributed by atoms with Crippen molar-refractivity contribution in [3.63, 3.8) is 0 Å². The van der Waals surface area contributed by atoms with Gasteiger partial charge in [-0.05, 0) is 30.3 Å². The van der Waals surface area contributed by atoms with E-state index >= 15 is 0 Å². The number of nitrogens with zero attached hydrogens (tertiary/aromatic N) is 1. The second kappa shape index (κ2) is 7.84. The number of hydrogen-bond donors (Lipinski definition) is 1. The second-order valence-corrected chi connectivity index (χ2v) is 5.85. The molecule has 0 fully saturated rings. The van der Waals surface area contributed by atoms with E-state index < -0.39 is 12.1 Å². The molecule has 26 heavy (non-hydrogen) atoms. The highest BCUT2D eigenvalue weighted by Gasteiger charge is 2.12. The summed E-state index contributed by atoms with van der Waals surface area (Å²) in [5.74, 6) is 0.129. The van der Waals surface area contributed by atoms with Gasteiger partial charge in [0.15, 0.2) is 6.29 Å². The summed E-state index contributed by atoms with van der Waals surface area (Å²) in [4.78, 5) is 22.6. The fourth-order valence-corrected chi connectivity index (χ4v) is 2.80. The van der Waals surface area contributed by atoms with Gasteiger partial charge in [-0.3, -0.25) is 4.79 Å². The molecule has 1 atom stereocenters. The number of aldehydes is 1. The van der Waals surface area contributed by atoms with Crippen LogP contribution in [-0.4, -0.2) is 41.7 Å². The van der Waals surface area contributed by atoms with Crippen molar-refractivity contribution in [3.05, 3.63) is 65.9 Å². The van der Waals surface area contributed by atoms with Crippen LogP contribution in [0.3, 0.4) is 0 Å². The summed E-state index contributed by atoms with van der Waals surface area (Å²) in [6.45, 7) is 0.384. The van der Waals surface area contributed by atoms with Crippen LogP contribution >= 0.6 is 0 Å². The molecule has 3 aromatic rings. The summed E-state index contributed by atoms with van der Waals surface area (Å²) < 4.78 is 12.0. The summed E-state index contributed by atoms with van der Waals surface area (Å²) in [7, 11) is 1.32. The Balaban J connectivity index is 1.63. The van der Waals surface area contributed by atoms with Crippen LogP contribution in [0.15, 0.2) is 54.7 Å². The Morgan fingerprint density at radius 1 is 1.19 bits per heavy atom. The molecule has 1 aromatic heterocycles. The first kappa shape index (κ1) is 17.7. The van der Waals surface area contributed by atoms with Crippen LogP contribution in [0.25, 0.3) is 10.9 Å². The molecule has 0 aliphatic rings. The number of methoxy groups -OCH3 is 1. The minimum absolute atomic E-state index is 0.0838. The lowest BCUT2D eigenvalue weighted by atomic mass is 10.2. The Hall–Kier alpha value is -3.12. The van der Waals surface area contributed by atoms with Crippen LogP contribution < -0.4 is 4.74 Å². The van der Waals surface area contributed by atoms with Gasteiger partial charge in [0.1, 0.15) is 18.5 Å². The van der Waals surface area contributed by atoms with E-state index in [-0.39, 0.29) is 6.61 Å². The zero-order valence-corrected chi connectivity index (χ0v) is 14.3. The van der Waals surface area contributed by atoms with Crippen LogP contribution in [0.4, 0.5) is 0 Å². The van der Waals surface area contributed by atoms with E-state index in [1.807, 2.05) is 28.8 Å². The number of benzene rings is 2. The van der Waals surface area contributed by atoms with Crippen LogP contribution in [0, 0.1) is 0 Å². The molecule has 2 aromatic carbocycles. The van der Waals surface area contributed by atoms with Gasteiger partial charge in [-0.15, -0.1) is 0 Å². The van der Waals surface area contributed by atoms with Gasteiger partial charge in [-0.1, -0.05) is 18.2 Å². The first-order valence-electron chi connectivity index (χ1n) is 8.14. The number of aliphatic hydroxyl groups is 1. The highest BCUT2D eigenvalue weighted by atomic mass is 16.5. The average Bonchev–Trinajstić information content (AvgIpc) is 3.04. The predicted molar refractivity (Wildman–Crippen MR) is 96.6 cm³/mol. The zero-order chi connectivity index (χ0) is 18.5. The SMILES string of the molecule is COC(=O)c1ccc(OC[C@@H](O)Cn2cc(C=O)c3ccccc32)cc1. The van der Waals surface area contributed by atoms with Gasteiger partial charge in [0.05, 0.1) is 19.2 Å². The quantitative estimate of drug-likeness (QED) is 0.522. The van der Waals surface area contributed by atoms with Crippen molar-refractivity contribution >= 4 is 23.2 Å². The van der Waals surface area contributed by atoms with Crippen molar-refractivity contribution in [2.45, 2.75) is 12.6 Å². The number of esters is 1. The van der Waals surface area contributed by atoms with Crippen LogP contribution in [0.5, 0.6) is 5.75 Å². The molecule has 0 amide bonds. The predicted octanol–water partition coefficient (Wildman–Crippen LogP) is 2.68. The third-order valence-electron chi connectivity index (χ3n) is 4.07. The smallest absolute Gasteiger partial charge is 0.337 e. The minimum Gasteiger partial charge on any atom is -0.491 e. The van der Waals surface area contributed by atoms with Crippen molar-refractivity contribution in [3.8, 4) is 5.75 Å². The van der Waals surface area contributed by atoms with E-state index in [4.69, 9.17) is 4.74 Å². The minimum atomic E-state index is -0.759. The molecular formula is C20H19NO5. The molecule has 0 aliphatic heterocycles. The van der Waals surface area contributed by atoms with Gasteiger partial charge in [-0.2, -0.15) is 0 Å². The molecule has 0 spiro atoms. The maximum absolute atomic E-state index is 11.4. The molecule has 0 saturated heterocycles. The van der Waals surface area contributed by atoms with Gasteiger partial charge in [-0.25, -0.2) is 4.79 Å². The number of hydrogen-bond acceptors (Lipinski definition) is 5. The lowest BCUT2D eigenvalue weighted by Gasteiger charge is -2.14. The Bertz CT molecular complexity index is 914. The first-order chi connectivity index (χ1) is 12.6.